The van der Waals surface area contributed by atoms with Gasteiger partial charge in [-0.3, -0.25) is 14.5 Å². The number of amides is 1. The van der Waals surface area contributed by atoms with Gasteiger partial charge in [0.15, 0.2) is 0 Å². The Hall–Kier alpha value is -3.51. The molecule has 1 fully saturated rings. The molecule has 1 aliphatic heterocycles. The van der Waals surface area contributed by atoms with Crippen LogP contribution in [0.15, 0.2) is 76.9 Å². The van der Waals surface area contributed by atoms with E-state index in [9.17, 15) is 14.7 Å². The van der Waals surface area contributed by atoms with Gasteiger partial charge >= 0.3 is 0 Å². The maximum atomic E-state index is 13.1. The zero-order chi connectivity index (χ0) is 22.8. The van der Waals surface area contributed by atoms with E-state index in [0.29, 0.717) is 40.3 Å². The molecule has 4 rings (SSSR count). The summed E-state index contributed by atoms with van der Waals surface area (Å²) in [5, 5.41) is 11.6. The molecule has 1 aliphatic rings. The van der Waals surface area contributed by atoms with Crippen molar-refractivity contribution in [3.05, 3.63) is 88.8 Å². The van der Waals surface area contributed by atoms with Gasteiger partial charge in [-0.05, 0) is 48.4 Å². The van der Waals surface area contributed by atoms with Crippen molar-refractivity contribution in [2.75, 3.05) is 11.5 Å². The quantitative estimate of drug-likeness (QED) is 0.300. The first-order valence-corrected chi connectivity index (χ1v) is 10.6. The van der Waals surface area contributed by atoms with Crippen molar-refractivity contribution >= 4 is 34.7 Å². The smallest absolute Gasteiger partial charge is 0.300 e. The molecule has 0 saturated carbocycles. The van der Waals surface area contributed by atoms with Crippen molar-refractivity contribution in [1.82, 2.24) is 0 Å². The third-order valence-corrected chi connectivity index (χ3v) is 5.27. The Labute approximate surface area is 190 Å². The number of hydrogen-bond donors (Lipinski definition) is 1. The first-order chi connectivity index (χ1) is 15.4. The number of aliphatic hydroxyl groups excluding tert-OH is 1. The third-order valence-electron chi connectivity index (χ3n) is 5.03. The van der Waals surface area contributed by atoms with E-state index in [1.165, 1.54) is 11.2 Å². The lowest BCUT2D eigenvalue weighted by Crippen LogP contribution is -2.29. The molecule has 0 bridgehead atoms. The average Bonchev–Trinajstić information content (AvgIpc) is 3.39. The fourth-order valence-corrected chi connectivity index (χ4v) is 3.78. The van der Waals surface area contributed by atoms with Gasteiger partial charge in [-0.1, -0.05) is 43.6 Å². The number of Topliss-reactive ketones (excluding diaryl/α,β-unsaturated/α-hetero) is 1. The average molecular weight is 452 g/mol. The van der Waals surface area contributed by atoms with Gasteiger partial charge < -0.3 is 14.3 Å². The van der Waals surface area contributed by atoms with Gasteiger partial charge in [0.05, 0.1) is 18.4 Å². The summed E-state index contributed by atoms with van der Waals surface area (Å²) in [4.78, 5) is 27.4. The molecule has 2 aromatic carbocycles. The monoisotopic (exact) mass is 451 g/mol. The summed E-state index contributed by atoms with van der Waals surface area (Å²) in [5.41, 5.74) is 0.729. The summed E-state index contributed by atoms with van der Waals surface area (Å²) in [6, 6.07) is 15.8. The van der Waals surface area contributed by atoms with Crippen LogP contribution in [0.4, 0.5) is 5.69 Å². The van der Waals surface area contributed by atoms with Gasteiger partial charge in [0.25, 0.3) is 11.7 Å². The summed E-state index contributed by atoms with van der Waals surface area (Å²) in [7, 11) is 0. The summed E-state index contributed by atoms with van der Waals surface area (Å²) in [6.45, 7) is 4.57. The van der Waals surface area contributed by atoms with Gasteiger partial charge in [0.2, 0.25) is 0 Å². The predicted octanol–water partition coefficient (Wildman–Crippen LogP) is 5.59. The lowest BCUT2D eigenvalue weighted by molar-refractivity contribution is -0.132. The molecule has 2 heterocycles. The van der Waals surface area contributed by atoms with Crippen molar-refractivity contribution in [3.8, 4) is 5.75 Å². The molecule has 7 heteroatoms. The normalized spacial score (nSPS) is 17.9. The molecule has 1 saturated heterocycles. The predicted molar refractivity (Wildman–Crippen MR) is 122 cm³/mol. The minimum atomic E-state index is -0.941. The molecule has 1 aromatic heterocycles. The summed E-state index contributed by atoms with van der Waals surface area (Å²) >= 11 is 6.12. The lowest BCUT2D eigenvalue weighted by atomic mass is 9.99. The van der Waals surface area contributed by atoms with Crippen molar-refractivity contribution in [3.63, 3.8) is 0 Å². The topological polar surface area (TPSA) is 80.0 Å². The Morgan fingerprint density at radius 2 is 1.91 bits per heavy atom. The molecule has 0 spiro atoms. The molecule has 6 nitrogen and oxygen atoms in total. The fourth-order valence-electron chi connectivity index (χ4n) is 3.59. The molecule has 1 unspecified atom stereocenters. The zero-order valence-corrected chi connectivity index (χ0v) is 18.4. The second-order valence-corrected chi connectivity index (χ2v) is 8.33. The van der Waals surface area contributed by atoms with Crippen molar-refractivity contribution < 1.29 is 23.8 Å². The number of halogens is 1. The van der Waals surface area contributed by atoms with Crippen LogP contribution in [0.1, 0.15) is 31.2 Å². The molecule has 0 aliphatic carbocycles. The van der Waals surface area contributed by atoms with Gasteiger partial charge in [0, 0.05) is 16.3 Å². The first-order valence-electron chi connectivity index (χ1n) is 10.2. The molecule has 3 aromatic rings. The molecular formula is C25H22ClNO5. The highest BCUT2D eigenvalue weighted by Crippen LogP contribution is 2.42. The van der Waals surface area contributed by atoms with Crippen LogP contribution in [0, 0.1) is 5.92 Å². The number of ketones is 1. The maximum Gasteiger partial charge on any atom is 0.300 e. The SMILES string of the molecule is CC(C)COc1cccc(/C(O)=C2/C(=O)C(=O)N(c3cccc(Cl)c3)C2c2ccco2)c1. The Morgan fingerprint density at radius 3 is 2.59 bits per heavy atom. The Morgan fingerprint density at radius 1 is 1.12 bits per heavy atom. The van der Waals surface area contributed by atoms with E-state index in [1.807, 2.05) is 13.8 Å². The molecule has 1 amide bonds. The van der Waals surface area contributed by atoms with Gasteiger partial charge in [-0.25, -0.2) is 0 Å². The van der Waals surface area contributed by atoms with Crippen LogP contribution in [0.25, 0.3) is 5.76 Å². The second kappa shape index (κ2) is 8.93. The second-order valence-electron chi connectivity index (χ2n) is 7.90. The van der Waals surface area contributed by atoms with Gasteiger partial charge in [-0.2, -0.15) is 0 Å². The largest absolute Gasteiger partial charge is 0.507 e. The standard InChI is InChI=1S/C25H22ClNO5/c1-15(2)14-32-19-9-3-6-16(12-19)23(28)21-22(20-10-5-11-31-20)27(25(30)24(21)29)18-8-4-7-17(26)13-18/h3-13,15,22,28H,14H2,1-2H3/b23-21-. The summed E-state index contributed by atoms with van der Waals surface area (Å²) in [6.07, 6.45) is 1.45. The number of furan rings is 1. The van der Waals surface area contributed by atoms with E-state index >= 15 is 0 Å². The van der Waals surface area contributed by atoms with E-state index in [4.69, 9.17) is 20.8 Å². The van der Waals surface area contributed by atoms with Gasteiger partial charge in [0.1, 0.15) is 23.3 Å². The minimum Gasteiger partial charge on any atom is -0.507 e. The number of hydrogen-bond acceptors (Lipinski definition) is 5. The van der Waals surface area contributed by atoms with Crippen molar-refractivity contribution in [1.29, 1.82) is 0 Å². The molecule has 0 radical (unpaired) electrons. The number of carbonyl (C=O) groups excluding carboxylic acids is 2. The van der Waals surface area contributed by atoms with Crippen LogP contribution < -0.4 is 9.64 Å². The number of carbonyl (C=O) groups is 2. The summed E-state index contributed by atoms with van der Waals surface area (Å²) in [5.74, 6) is -0.655. The van der Waals surface area contributed by atoms with Crippen molar-refractivity contribution in [2.24, 2.45) is 5.92 Å². The maximum absolute atomic E-state index is 13.1. The first kappa shape index (κ1) is 21.7. The number of ether oxygens (including phenoxy) is 1. The van der Waals surface area contributed by atoms with E-state index in [-0.39, 0.29) is 11.3 Å². The van der Waals surface area contributed by atoms with E-state index in [1.54, 1.807) is 60.7 Å². The highest BCUT2D eigenvalue weighted by molar-refractivity contribution is 6.51. The van der Waals surface area contributed by atoms with Crippen LogP contribution in [0.5, 0.6) is 5.75 Å². The van der Waals surface area contributed by atoms with E-state index in [0.717, 1.165) is 0 Å². The Bertz CT molecular complexity index is 1180. The highest BCUT2D eigenvalue weighted by Gasteiger charge is 2.48. The molecule has 32 heavy (non-hydrogen) atoms. The van der Waals surface area contributed by atoms with Crippen LogP contribution in [-0.4, -0.2) is 23.4 Å². The van der Waals surface area contributed by atoms with Crippen LogP contribution in [-0.2, 0) is 9.59 Å². The van der Waals surface area contributed by atoms with E-state index < -0.39 is 17.7 Å². The Kier molecular flexibility index (Phi) is 6.06. The lowest BCUT2D eigenvalue weighted by Gasteiger charge is -2.23. The molecule has 1 atom stereocenters. The van der Waals surface area contributed by atoms with Crippen molar-refractivity contribution in [2.45, 2.75) is 19.9 Å². The zero-order valence-electron chi connectivity index (χ0n) is 17.6. The van der Waals surface area contributed by atoms with Crippen LogP contribution >= 0.6 is 11.6 Å². The number of aliphatic hydroxyl groups is 1. The molecular weight excluding hydrogens is 430 g/mol. The number of benzene rings is 2. The van der Waals surface area contributed by atoms with Crippen LogP contribution in [0.2, 0.25) is 5.02 Å². The van der Waals surface area contributed by atoms with Gasteiger partial charge in [-0.15, -0.1) is 0 Å². The number of rotatable bonds is 6. The molecule has 1 N–H and O–H groups in total. The minimum absolute atomic E-state index is 0.0639. The van der Waals surface area contributed by atoms with Crippen LogP contribution in [0.3, 0.4) is 0 Å². The summed E-state index contributed by atoms with van der Waals surface area (Å²) < 4.78 is 11.3. The fraction of sp³-hybridized carbons (Fsp3) is 0.200. The van der Waals surface area contributed by atoms with E-state index in [2.05, 4.69) is 0 Å². The molecule has 164 valence electrons. The number of anilines is 1. The Balaban J connectivity index is 1.83. The number of nitrogens with zero attached hydrogens (tertiary/aromatic N) is 1. The highest BCUT2D eigenvalue weighted by atomic mass is 35.5. The third kappa shape index (κ3) is 4.14.